The lowest BCUT2D eigenvalue weighted by Crippen LogP contribution is -2.60. The minimum Gasteiger partial charge on any atom is -0.493 e. The lowest BCUT2D eigenvalue weighted by atomic mass is 9.99. The molecule has 0 saturated heterocycles. The van der Waals surface area contributed by atoms with Crippen molar-refractivity contribution < 1.29 is 49.0 Å². The van der Waals surface area contributed by atoms with Crippen molar-refractivity contribution in [1.82, 2.24) is 9.97 Å². The van der Waals surface area contributed by atoms with Gasteiger partial charge in [0.25, 0.3) is 0 Å². The van der Waals surface area contributed by atoms with Crippen LogP contribution in [0.1, 0.15) is 51.9 Å². The number of aromatic nitrogens is 2. The molecule has 0 aliphatic heterocycles. The number of rotatable bonds is 16. The fourth-order valence-electron chi connectivity index (χ4n) is 3.25. The predicted molar refractivity (Wildman–Crippen MR) is 126 cm³/mol. The van der Waals surface area contributed by atoms with Gasteiger partial charge >= 0.3 is 23.9 Å². The molecular formula is C26H29F9N2O2. The van der Waals surface area contributed by atoms with Crippen LogP contribution >= 0.6 is 0 Å². The highest BCUT2D eigenvalue weighted by Gasteiger charge is 2.81. The van der Waals surface area contributed by atoms with E-state index in [0.29, 0.717) is 23.7 Å². The first-order valence-electron chi connectivity index (χ1n) is 12.3. The molecule has 0 spiro atoms. The quantitative estimate of drug-likeness (QED) is 0.115. The third-order valence-corrected chi connectivity index (χ3v) is 5.55. The van der Waals surface area contributed by atoms with Crippen molar-refractivity contribution in [3.8, 4) is 22.9 Å². The summed E-state index contributed by atoms with van der Waals surface area (Å²) in [5.74, 6) is -17.9. The molecule has 0 aliphatic rings. The molecule has 2 rings (SSSR count). The topological polar surface area (TPSA) is 44.2 Å². The molecule has 1 aromatic carbocycles. The Morgan fingerprint density at radius 2 is 1.28 bits per heavy atom. The molecule has 13 heteroatoms. The molecule has 0 unspecified atom stereocenters. The Labute approximate surface area is 220 Å². The fraction of sp³-hybridized carbons (Fsp3) is 0.538. The van der Waals surface area contributed by atoms with E-state index < -0.39 is 36.8 Å². The average molecular weight is 573 g/mol. The highest BCUT2D eigenvalue weighted by atomic mass is 19.4. The largest absolute Gasteiger partial charge is 0.493 e. The summed E-state index contributed by atoms with van der Waals surface area (Å²) in [5, 5.41) is 0. The van der Waals surface area contributed by atoms with Crippen LogP contribution in [0.3, 0.4) is 0 Å². The van der Waals surface area contributed by atoms with E-state index in [4.69, 9.17) is 9.47 Å². The van der Waals surface area contributed by atoms with E-state index in [1.54, 1.807) is 24.3 Å². The van der Waals surface area contributed by atoms with Crippen LogP contribution in [0.15, 0.2) is 48.8 Å². The van der Waals surface area contributed by atoms with Gasteiger partial charge < -0.3 is 9.47 Å². The zero-order valence-electron chi connectivity index (χ0n) is 21.1. The van der Waals surface area contributed by atoms with Crippen molar-refractivity contribution in [3.63, 3.8) is 0 Å². The van der Waals surface area contributed by atoms with Crippen LogP contribution in [-0.2, 0) is 0 Å². The molecule has 0 aliphatic carbocycles. The van der Waals surface area contributed by atoms with Crippen LogP contribution in [0, 0.1) is 0 Å². The summed E-state index contributed by atoms with van der Waals surface area (Å²) in [6, 6.07) is 7.02. The van der Waals surface area contributed by atoms with Crippen molar-refractivity contribution in [1.29, 1.82) is 0 Å². The molecule has 1 aromatic heterocycles. The minimum absolute atomic E-state index is 0.117. The SMILES string of the molecule is CCCCC=CCCOc1ccc(-c2ncc(OCCCCC(F)(F)C(F)(F)C(F)(F)C(F)(F)F)cn2)cc1. The second-order valence-electron chi connectivity index (χ2n) is 8.67. The lowest BCUT2D eigenvalue weighted by molar-refractivity contribution is -0.396. The van der Waals surface area contributed by atoms with Gasteiger partial charge in [0, 0.05) is 12.0 Å². The molecule has 0 atom stereocenters. The number of unbranched alkanes of at least 4 members (excludes halogenated alkanes) is 3. The van der Waals surface area contributed by atoms with Gasteiger partial charge in [0.05, 0.1) is 25.6 Å². The molecule has 218 valence electrons. The van der Waals surface area contributed by atoms with Gasteiger partial charge in [0.1, 0.15) is 5.75 Å². The number of hydrogen-bond acceptors (Lipinski definition) is 4. The average Bonchev–Trinajstić information content (AvgIpc) is 2.88. The molecule has 4 nitrogen and oxygen atoms in total. The van der Waals surface area contributed by atoms with Crippen molar-refractivity contribution >= 4 is 0 Å². The summed E-state index contributed by atoms with van der Waals surface area (Å²) in [5.41, 5.74) is 0.673. The number of ether oxygens (including phenoxy) is 2. The van der Waals surface area contributed by atoms with Gasteiger partial charge in [-0.25, -0.2) is 9.97 Å². The van der Waals surface area contributed by atoms with Gasteiger partial charge in [-0.3, -0.25) is 0 Å². The molecule has 2 aromatic rings. The number of alkyl halides is 9. The third-order valence-electron chi connectivity index (χ3n) is 5.55. The van der Waals surface area contributed by atoms with Gasteiger partial charge in [-0.1, -0.05) is 31.9 Å². The molecule has 0 bridgehead atoms. The van der Waals surface area contributed by atoms with Crippen LogP contribution < -0.4 is 9.47 Å². The Hall–Kier alpha value is -2.99. The summed E-state index contributed by atoms with van der Waals surface area (Å²) in [4.78, 5) is 8.23. The Morgan fingerprint density at radius 3 is 1.87 bits per heavy atom. The summed E-state index contributed by atoms with van der Waals surface area (Å²) < 4.78 is 127. The lowest BCUT2D eigenvalue weighted by Gasteiger charge is -2.33. The summed E-state index contributed by atoms with van der Waals surface area (Å²) in [6.45, 7) is 2.36. The zero-order chi connectivity index (χ0) is 29.2. The van der Waals surface area contributed by atoms with E-state index >= 15 is 0 Å². The number of benzene rings is 1. The number of hydrogen-bond donors (Lipinski definition) is 0. The van der Waals surface area contributed by atoms with Gasteiger partial charge in [-0.2, -0.15) is 39.5 Å². The monoisotopic (exact) mass is 572 g/mol. The highest BCUT2D eigenvalue weighted by molar-refractivity contribution is 5.56. The molecule has 0 fully saturated rings. The van der Waals surface area contributed by atoms with Crippen LogP contribution in [-0.4, -0.2) is 47.1 Å². The van der Waals surface area contributed by atoms with E-state index in [9.17, 15) is 39.5 Å². The summed E-state index contributed by atoms with van der Waals surface area (Å²) >= 11 is 0. The first-order chi connectivity index (χ1) is 18.2. The Bertz CT molecular complexity index is 1030. The second kappa shape index (κ2) is 13.9. The maximum Gasteiger partial charge on any atom is 0.460 e. The van der Waals surface area contributed by atoms with Crippen LogP contribution in [0.5, 0.6) is 11.5 Å². The first-order valence-corrected chi connectivity index (χ1v) is 12.3. The van der Waals surface area contributed by atoms with Crippen molar-refractivity contribution in [2.24, 2.45) is 0 Å². The minimum atomic E-state index is -6.88. The van der Waals surface area contributed by atoms with Crippen LogP contribution in [0.4, 0.5) is 39.5 Å². The normalized spacial score (nSPS) is 13.2. The Balaban J connectivity index is 1.78. The van der Waals surface area contributed by atoms with Crippen molar-refractivity contribution in [2.75, 3.05) is 13.2 Å². The third kappa shape index (κ3) is 8.76. The molecule has 1 heterocycles. The van der Waals surface area contributed by atoms with Crippen LogP contribution in [0.25, 0.3) is 11.4 Å². The molecule has 0 N–H and O–H groups in total. The van der Waals surface area contributed by atoms with E-state index in [0.717, 1.165) is 25.7 Å². The highest BCUT2D eigenvalue weighted by Crippen LogP contribution is 2.54. The molecular weight excluding hydrogens is 543 g/mol. The number of halogens is 9. The van der Waals surface area contributed by atoms with Crippen LogP contribution in [0.2, 0.25) is 0 Å². The second-order valence-corrected chi connectivity index (χ2v) is 8.67. The van der Waals surface area contributed by atoms with Crippen molar-refractivity contribution in [2.45, 2.75) is 75.8 Å². The van der Waals surface area contributed by atoms with Crippen molar-refractivity contribution in [3.05, 3.63) is 48.8 Å². The molecule has 0 amide bonds. The van der Waals surface area contributed by atoms with E-state index in [-0.39, 0.29) is 18.8 Å². The Morgan fingerprint density at radius 1 is 0.692 bits per heavy atom. The predicted octanol–water partition coefficient (Wildman–Crippen LogP) is 8.68. The van der Waals surface area contributed by atoms with Gasteiger partial charge in [-0.05, 0) is 49.9 Å². The molecule has 39 heavy (non-hydrogen) atoms. The standard InChI is InChI=1S/C26H29F9N2O2/c1-2-3-4-5-6-8-15-38-20-12-10-19(11-13-20)22-36-17-21(18-37-22)39-16-9-7-14-23(27,28)24(29,30)25(31,32)26(33,34)35/h5-6,10-13,17-18H,2-4,7-9,14-16H2,1H3. The Kier molecular flexibility index (Phi) is 11.5. The molecule has 0 radical (unpaired) electrons. The molecule has 0 saturated carbocycles. The maximum atomic E-state index is 13.5. The van der Waals surface area contributed by atoms with E-state index in [1.165, 1.54) is 12.4 Å². The van der Waals surface area contributed by atoms with Gasteiger partial charge in [0.15, 0.2) is 11.6 Å². The summed E-state index contributed by atoms with van der Waals surface area (Å²) in [7, 11) is 0. The number of allylic oxidation sites excluding steroid dienone is 1. The van der Waals surface area contributed by atoms with E-state index in [2.05, 4.69) is 29.0 Å². The van der Waals surface area contributed by atoms with Gasteiger partial charge in [-0.15, -0.1) is 0 Å². The fourth-order valence-corrected chi connectivity index (χ4v) is 3.25. The summed E-state index contributed by atoms with van der Waals surface area (Å²) in [6.07, 6.45) is 1.09. The van der Waals surface area contributed by atoms with E-state index in [1.807, 2.05) is 0 Å². The zero-order valence-corrected chi connectivity index (χ0v) is 21.1. The number of nitrogens with zero attached hydrogens (tertiary/aromatic N) is 2. The van der Waals surface area contributed by atoms with Gasteiger partial charge in [0.2, 0.25) is 0 Å². The smallest absolute Gasteiger partial charge is 0.460 e. The maximum absolute atomic E-state index is 13.5. The first kappa shape index (κ1) is 32.2.